The van der Waals surface area contributed by atoms with Crippen molar-refractivity contribution in [1.82, 2.24) is 0 Å². The third-order valence-corrected chi connectivity index (χ3v) is 5.70. The molecule has 8 heteroatoms. The van der Waals surface area contributed by atoms with Gasteiger partial charge in [-0.3, -0.25) is 4.79 Å². The number of anilines is 1. The maximum Gasteiger partial charge on any atom is 0.266 e. The highest BCUT2D eigenvalue weighted by molar-refractivity contribution is 14.1. The van der Waals surface area contributed by atoms with Crippen molar-refractivity contribution in [3.05, 3.63) is 91.0 Å². The summed E-state index contributed by atoms with van der Waals surface area (Å²) in [5, 5.41) is 12.7. The van der Waals surface area contributed by atoms with Gasteiger partial charge in [-0.2, -0.15) is 5.26 Å². The van der Waals surface area contributed by atoms with E-state index in [0.29, 0.717) is 36.0 Å². The first-order chi connectivity index (χ1) is 15.9. The minimum atomic E-state index is -0.548. The van der Waals surface area contributed by atoms with Crippen LogP contribution in [0, 0.1) is 14.9 Å². The van der Waals surface area contributed by atoms with Crippen molar-refractivity contribution < 1.29 is 14.3 Å². The van der Waals surface area contributed by atoms with Crippen molar-refractivity contribution >= 4 is 63.5 Å². The van der Waals surface area contributed by atoms with Crippen molar-refractivity contribution in [2.24, 2.45) is 0 Å². The Bertz CT molecular complexity index is 1180. The summed E-state index contributed by atoms with van der Waals surface area (Å²) in [6, 6.07) is 19.9. The van der Waals surface area contributed by atoms with Crippen LogP contribution in [0.2, 0.25) is 10.0 Å². The lowest BCUT2D eigenvalue weighted by atomic mass is 10.1. The Morgan fingerprint density at radius 1 is 1.06 bits per heavy atom. The molecular formula is C25H19Cl2IN2O3. The number of nitrogens with one attached hydrogen (secondary N) is 1. The summed E-state index contributed by atoms with van der Waals surface area (Å²) in [7, 11) is 0. The largest absolute Gasteiger partial charge is 0.494 e. The van der Waals surface area contributed by atoms with Crippen molar-refractivity contribution in [2.45, 2.75) is 13.5 Å². The molecule has 168 valence electrons. The average Bonchev–Trinajstić information content (AvgIpc) is 2.79. The standard InChI is InChI=1S/C25H19Cl2IN2O3/c1-2-32-21-9-7-20(8-10-21)30-25(31)18(14-29)11-17-12-22(26)24(23(27)13-17)33-15-16-3-5-19(28)6-4-16/h3-13H,2,15H2,1H3,(H,30,31)/b18-11-. The molecule has 0 saturated heterocycles. The molecule has 3 aromatic carbocycles. The summed E-state index contributed by atoms with van der Waals surface area (Å²) >= 11 is 15.0. The second-order valence-corrected chi connectivity index (χ2v) is 8.87. The molecule has 0 fully saturated rings. The lowest BCUT2D eigenvalue weighted by Crippen LogP contribution is -2.13. The highest BCUT2D eigenvalue weighted by atomic mass is 127. The van der Waals surface area contributed by atoms with Crippen LogP contribution >= 0.6 is 45.8 Å². The van der Waals surface area contributed by atoms with E-state index in [9.17, 15) is 10.1 Å². The fraction of sp³-hybridized carbons (Fsp3) is 0.120. The van der Waals surface area contributed by atoms with Crippen LogP contribution in [0.4, 0.5) is 5.69 Å². The zero-order valence-electron chi connectivity index (χ0n) is 17.6. The number of halogens is 3. The highest BCUT2D eigenvalue weighted by Gasteiger charge is 2.13. The topological polar surface area (TPSA) is 71.3 Å². The van der Waals surface area contributed by atoms with Gasteiger partial charge < -0.3 is 14.8 Å². The monoisotopic (exact) mass is 592 g/mol. The molecule has 0 aliphatic heterocycles. The smallest absolute Gasteiger partial charge is 0.266 e. The molecule has 0 radical (unpaired) electrons. The van der Waals surface area contributed by atoms with Gasteiger partial charge in [0.25, 0.3) is 5.91 Å². The Morgan fingerprint density at radius 2 is 1.70 bits per heavy atom. The lowest BCUT2D eigenvalue weighted by molar-refractivity contribution is -0.112. The summed E-state index contributed by atoms with van der Waals surface area (Å²) in [5.74, 6) is 0.486. The fourth-order valence-corrected chi connectivity index (χ4v) is 3.82. The van der Waals surface area contributed by atoms with Crippen molar-refractivity contribution in [1.29, 1.82) is 5.26 Å². The molecule has 0 atom stereocenters. The number of rotatable bonds is 8. The number of nitrogens with zero attached hydrogens (tertiary/aromatic N) is 1. The van der Waals surface area contributed by atoms with E-state index in [4.69, 9.17) is 32.7 Å². The molecule has 0 unspecified atom stereocenters. The quantitative estimate of drug-likeness (QED) is 0.172. The van der Waals surface area contributed by atoms with E-state index in [1.807, 2.05) is 37.3 Å². The second kappa shape index (κ2) is 11.9. The number of ether oxygens (including phenoxy) is 2. The molecule has 0 spiro atoms. The first-order valence-electron chi connectivity index (χ1n) is 9.92. The van der Waals surface area contributed by atoms with Gasteiger partial charge in [0.15, 0.2) is 5.75 Å². The average molecular weight is 593 g/mol. The van der Waals surface area contributed by atoms with Crippen molar-refractivity contribution in [2.75, 3.05) is 11.9 Å². The van der Waals surface area contributed by atoms with Gasteiger partial charge in [0.05, 0.1) is 16.7 Å². The van der Waals surface area contributed by atoms with E-state index < -0.39 is 5.91 Å². The van der Waals surface area contributed by atoms with E-state index in [0.717, 1.165) is 9.13 Å². The summed E-state index contributed by atoms with van der Waals surface area (Å²) in [6.07, 6.45) is 1.42. The third kappa shape index (κ3) is 7.13. The molecule has 1 amide bonds. The van der Waals surface area contributed by atoms with Gasteiger partial charge in [0.2, 0.25) is 0 Å². The van der Waals surface area contributed by atoms with Gasteiger partial charge >= 0.3 is 0 Å². The summed E-state index contributed by atoms with van der Waals surface area (Å²) in [6.45, 7) is 2.74. The number of nitriles is 1. The molecule has 1 N–H and O–H groups in total. The number of carbonyl (C=O) groups excluding carboxylic acids is 1. The highest BCUT2D eigenvalue weighted by Crippen LogP contribution is 2.35. The third-order valence-electron chi connectivity index (χ3n) is 4.42. The molecule has 0 bridgehead atoms. The van der Waals surface area contributed by atoms with E-state index >= 15 is 0 Å². The summed E-state index contributed by atoms with van der Waals surface area (Å²) in [4.78, 5) is 12.6. The first kappa shape index (κ1) is 24.9. The van der Waals surface area contributed by atoms with Gasteiger partial charge in [0.1, 0.15) is 24.0 Å². The van der Waals surface area contributed by atoms with Crippen LogP contribution in [0.1, 0.15) is 18.1 Å². The van der Waals surface area contributed by atoms with Gasteiger partial charge in [-0.05, 0) is 95.2 Å². The van der Waals surface area contributed by atoms with Crippen LogP contribution in [0.25, 0.3) is 6.08 Å². The van der Waals surface area contributed by atoms with E-state index in [1.54, 1.807) is 36.4 Å². The minimum absolute atomic E-state index is 0.0939. The summed E-state index contributed by atoms with van der Waals surface area (Å²) < 4.78 is 12.3. The molecule has 0 saturated carbocycles. The molecule has 3 aromatic rings. The Labute approximate surface area is 216 Å². The molecule has 3 rings (SSSR count). The zero-order valence-corrected chi connectivity index (χ0v) is 21.2. The Morgan fingerprint density at radius 3 is 2.27 bits per heavy atom. The fourth-order valence-electron chi connectivity index (χ4n) is 2.85. The molecular weight excluding hydrogens is 574 g/mol. The van der Waals surface area contributed by atoms with E-state index in [1.165, 1.54) is 6.08 Å². The van der Waals surface area contributed by atoms with Gasteiger partial charge in [-0.1, -0.05) is 35.3 Å². The molecule has 5 nitrogen and oxygen atoms in total. The predicted molar refractivity (Wildman–Crippen MR) is 140 cm³/mol. The van der Waals surface area contributed by atoms with Gasteiger partial charge in [0, 0.05) is 9.26 Å². The molecule has 33 heavy (non-hydrogen) atoms. The molecule has 0 aromatic heterocycles. The first-order valence-corrected chi connectivity index (χ1v) is 11.8. The summed E-state index contributed by atoms with van der Waals surface area (Å²) in [5.41, 5.74) is 1.93. The number of carbonyl (C=O) groups is 1. The van der Waals surface area contributed by atoms with Crippen LogP contribution in [-0.4, -0.2) is 12.5 Å². The number of amides is 1. The van der Waals surface area contributed by atoms with E-state index in [-0.39, 0.29) is 15.6 Å². The molecule has 0 heterocycles. The number of hydrogen-bond acceptors (Lipinski definition) is 4. The number of benzene rings is 3. The Kier molecular flexibility index (Phi) is 9.01. The predicted octanol–water partition coefficient (Wildman–Crippen LogP) is 7.12. The lowest BCUT2D eigenvalue weighted by Gasteiger charge is -2.11. The van der Waals surface area contributed by atoms with Crippen LogP contribution in [0.5, 0.6) is 11.5 Å². The van der Waals surface area contributed by atoms with Crippen LogP contribution in [-0.2, 0) is 11.4 Å². The van der Waals surface area contributed by atoms with Crippen LogP contribution < -0.4 is 14.8 Å². The maximum atomic E-state index is 12.6. The van der Waals surface area contributed by atoms with Crippen LogP contribution in [0.3, 0.4) is 0 Å². The Hall–Kier alpha value is -2.73. The number of hydrogen-bond donors (Lipinski definition) is 1. The van der Waals surface area contributed by atoms with Crippen molar-refractivity contribution in [3.8, 4) is 17.6 Å². The molecule has 0 aliphatic carbocycles. The second-order valence-electron chi connectivity index (χ2n) is 6.81. The Balaban J connectivity index is 1.72. The zero-order chi connectivity index (χ0) is 23.8. The van der Waals surface area contributed by atoms with E-state index in [2.05, 4.69) is 27.9 Å². The van der Waals surface area contributed by atoms with Gasteiger partial charge in [-0.25, -0.2) is 0 Å². The van der Waals surface area contributed by atoms with Crippen LogP contribution in [0.15, 0.2) is 66.2 Å². The molecule has 0 aliphatic rings. The maximum absolute atomic E-state index is 12.6. The SMILES string of the molecule is CCOc1ccc(NC(=O)/C(C#N)=C\c2cc(Cl)c(OCc3ccc(I)cc3)c(Cl)c2)cc1. The van der Waals surface area contributed by atoms with Gasteiger partial charge in [-0.15, -0.1) is 0 Å². The normalized spacial score (nSPS) is 10.9. The van der Waals surface area contributed by atoms with Crippen molar-refractivity contribution in [3.63, 3.8) is 0 Å². The minimum Gasteiger partial charge on any atom is -0.494 e.